The first kappa shape index (κ1) is 52.5. The highest BCUT2D eigenvalue weighted by Gasteiger charge is 2.20. The average Bonchev–Trinajstić information content (AvgIpc) is 3.47. The second-order valence-corrected chi connectivity index (χ2v) is 19.2. The van der Waals surface area contributed by atoms with E-state index >= 15 is 0 Å². The Hall–Kier alpha value is -2.55. The minimum absolute atomic E-state index is 0.0479. The number of hydrogen-bond acceptors (Lipinski definition) is 3. The minimum atomic E-state index is -0.480. The number of benzene rings is 2. The van der Waals surface area contributed by atoms with Gasteiger partial charge in [-0.05, 0) is 110 Å². The maximum atomic E-state index is 4.45. The van der Waals surface area contributed by atoms with Crippen LogP contribution in [0.5, 0.6) is 0 Å². The summed E-state index contributed by atoms with van der Waals surface area (Å²) in [6.07, 6.45) is 13.8. The maximum absolute atomic E-state index is 4.45. The molecule has 0 radical (unpaired) electrons. The van der Waals surface area contributed by atoms with Crippen LogP contribution in [0.2, 0.25) is 0 Å². The molecule has 0 bridgehead atoms. The van der Waals surface area contributed by atoms with Crippen LogP contribution in [-0.4, -0.2) is 18.3 Å². The van der Waals surface area contributed by atoms with Gasteiger partial charge in [0, 0.05) is 23.8 Å². The van der Waals surface area contributed by atoms with E-state index in [-0.39, 0.29) is 5.41 Å². The topological polar surface area (TPSA) is 41.0 Å². The van der Waals surface area contributed by atoms with Gasteiger partial charge in [-0.3, -0.25) is 5.09 Å². The SMILES string of the molecule is C=C(CCCC(C)C)C(CCC)CCC.C=C(Nc1cc(C(C)(C)C)cc(NP(C)NC)c1CC)c1cc2cccc(CC)c2n1C.CC(C)C.CCCC. The summed E-state index contributed by atoms with van der Waals surface area (Å²) >= 11 is 0. The number of aryl methyl sites for hydroxylation is 2. The first-order chi connectivity index (χ1) is 25.9. The second-order valence-electron chi connectivity index (χ2n) is 17.4. The van der Waals surface area contributed by atoms with Crippen molar-refractivity contribution in [2.45, 2.75) is 173 Å². The van der Waals surface area contributed by atoms with Gasteiger partial charge in [-0.15, -0.1) is 0 Å². The van der Waals surface area contributed by atoms with Crippen molar-refractivity contribution in [3.05, 3.63) is 77.5 Å². The average molecular weight is 777 g/mol. The molecule has 1 atom stereocenters. The Morgan fingerprint density at radius 1 is 0.800 bits per heavy atom. The lowest BCUT2D eigenvalue weighted by Gasteiger charge is -2.26. The fourth-order valence-electron chi connectivity index (χ4n) is 6.43. The Morgan fingerprint density at radius 2 is 1.36 bits per heavy atom. The van der Waals surface area contributed by atoms with Crippen LogP contribution >= 0.6 is 8.22 Å². The molecular weight excluding hydrogens is 688 g/mol. The molecule has 0 aliphatic rings. The maximum Gasteiger partial charge on any atom is 0.0648 e. The normalized spacial score (nSPS) is 11.7. The summed E-state index contributed by atoms with van der Waals surface area (Å²) in [5.74, 6) is 2.47. The van der Waals surface area contributed by atoms with Crippen LogP contribution in [0, 0.1) is 17.8 Å². The molecule has 3 aromatic rings. The van der Waals surface area contributed by atoms with Crippen molar-refractivity contribution in [2.24, 2.45) is 24.8 Å². The van der Waals surface area contributed by atoms with Crippen molar-refractivity contribution in [2.75, 3.05) is 24.1 Å². The number of nitrogens with zero attached hydrogens (tertiary/aromatic N) is 1. The largest absolute Gasteiger partial charge is 0.354 e. The molecule has 0 fully saturated rings. The van der Waals surface area contributed by atoms with Gasteiger partial charge in [-0.25, -0.2) is 0 Å². The predicted octanol–water partition coefficient (Wildman–Crippen LogP) is 16.3. The van der Waals surface area contributed by atoms with Crippen LogP contribution < -0.4 is 15.5 Å². The van der Waals surface area contributed by atoms with Gasteiger partial charge in [0.25, 0.3) is 0 Å². The van der Waals surface area contributed by atoms with E-state index in [1.165, 1.54) is 96.6 Å². The van der Waals surface area contributed by atoms with Crippen molar-refractivity contribution < 1.29 is 0 Å². The summed E-state index contributed by atoms with van der Waals surface area (Å²) in [7, 11) is 3.66. The summed E-state index contributed by atoms with van der Waals surface area (Å²) in [5, 5.41) is 12.0. The zero-order valence-corrected chi connectivity index (χ0v) is 40.2. The smallest absolute Gasteiger partial charge is 0.0648 e. The molecule has 4 nitrogen and oxygen atoms in total. The van der Waals surface area contributed by atoms with E-state index in [0.717, 1.165) is 47.7 Å². The van der Waals surface area contributed by atoms with E-state index in [0.29, 0.717) is 0 Å². The minimum Gasteiger partial charge on any atom is -0.354 e. The predicted molar refractivity (Wildman–Crippen MR) is 257 cm³/mol. The van der Waals surface area contributed by atoms with E-state index in [1.54, 1.807) is 0 Å². The van der Waals surface area contributed by atoms with E-state index in [9.17, 15) is 0 Å². The van der Waals surface area contributed by atoms with Crippen LogP contribution in [0.25, 0.3) is 16.6 Å². The van der Waals surface area contributed by atoms with E-state index in [4.69, 9.17) is 0 Å². The number of fused-ring (bicyclic) bond motifs is 1. The summed E-state index contributed by atoms with van der Waals surface area (Å²) < 4.78 is 2.27. The number of hydrogen-bond donors (Lipinski definition) is 3. The van der Waals surface area contributed by atoms with Crippen LogP contribution in [-0.2, 0) is 25.3 Å². The third-order valence-electron chi connectivity index (χ3n) is 9.84. The fraction of sp³-hybridized carbons (Fsp3) is 0.640. The van der Waals surface area contributed by atoms with Gasteiger partial charge in [-0.1, -0.05) is 166 Å². The molecule has 1 unspecified atom stereocenters. The van der Waals surface area contributed by atoms with Crippen LogP contribution in [0.3, 0.4) is 0 Å². The quantitative estimate of drug-likeness (QED) is 0.0890. The van der Waals surface area contributed by atoms with Crippen molar-refractivity contribution in [1.29, 1.82) is 0 Å². The molecule has 0 saturated heterocycles. The van der Waals surface area contributed by atoms with Gasteiger partial charge >= 0.3 is 0 Å². The Balaban J connectivity index is 0.00000105. The lowest BCUT2D eigenvalue weighted by atomic mass is 9.85. The number of nitrogens with one attached hydrogen (secondary N) is 3. The fourth-order valence-corrected chi connectivity index (χ4v) is 7.10. The van der Waals surface area contributed by atoms with Crippen molar-refractivity contribution in [1.82, 2.24) is 9.65 Å². The van der Waals surface area contributed by atoms with Crippen LogP contribution in [0.15, 0.2) is 55.1 Å². The number of unbranched alkanes of at least 4 members (excludes halogenated alkanes) is 1. The first-order valence-electron chi connectivity index (χ1n) is 21.9. The summed E-state index contributed by atoms with van der Waals surface area (Å²) in [5.41, 5.74) is 11.2. The molecule has 314 valence electrons. The monoisotopic (exact) mass is 777 g/mol. The highest BCUT2D eigenvalue weighted by Crippen LogP contribution is 2.39. The molecule has 3 N–H and O–H groups in total. The Bertz CT molecular complexity index is 1500. The van der Waals surface area contributed by atoms with Gasteiger partial charge in [-0.2, -0.15) is 0 Å². The number of para-hydroxylation sites is 1. The highest BCUT2D eigenvalue weighted by atomic mass is 31.1. The number of aromatic nitrogens is 1. The third kappa shape index (κ3) is 19.4. The van der Waals surface area contributed by atoms with Gasteiger partial charge in [0.05, 0.1) is 25.1 Å². The molecule has 5 heteroatoms. The van der Waals surface area contributed by atoms with Crippen LogP contribution in [0.1, 0.15) is 177 Å². The van der Waals surface area contributed by atoms with Gasteiger partial charge in [0.15, 0.2) is 0 Å². The zero-order valence-electron chi connectivity index (χ0n) is 39.3. The van der Waals surface area contributed by atoms with Crippen LogP contribution in [0.4, 0.5) is 11.4 Å². The van der Waals surface area contributed by atoms with Crippen molar-refractivity contribution in [3.63, 3.8) is 0 Å². The number of anilines is 2. The molecule has 0 spiro atoms. The molecule has 55 heavy (non-hydrogen) atoms. The van der Waals surface area contributed by atoms with Crippen molar-refractivity contribution in [3.8, 4) is 0 Å². The van der Waals surface area contributed by atoms with Crippen molar-refractivity contribution >= 4 is 36.2 Å². The Morgan fingerprint density at radius 3 is 1.82 bits per heavy atom. The van der Waals surface area contributed by atoms with E-state index in [2.05, 4.69) is 180 Å². The summed E-state index contributed by atoms with van der Waals surface area (Å²) in [6.45, 7) is 42.2. The molecule has 0 aliphatic carbocycles. The van der Waals surface area contributed by atoms with Gasteiger partial charge < -0.3 is 15.0 Å². The third-order valence-corrected chi connectivity index (χ3v) is 11.1. The highest BCUT2D eigenvalue weighted by molar-refractivity contribution is 7.56. The molecule has 3 rings (SSSR count). The standard InChI is InChI=1S/C27H39N4P.C15H30.2C4H10/c1-10-19-13-12-14-20-15-25(31(8)26(19)20)18(3)29-23-16-21(27(4,5)6)17-24(22(23)11-2)30-32(9)28-7;1-6-9-15(10-7-2)14(5)12-8-11-13(3)4;1-4(2)3;1-3-4-2/h12-17,28-30H,3,10-11H2,1-2,4-9H3;13,15H,5-12H2,1-4H3;4H,1-3H3;3-4H2,1-2H3. The Labute approximate surface area is 344 Å². The van der Waals surface area contributed by atoms with Gasteiger partial charge in [0.1, 0.15) is 0 Å². The molecule has 0 aliphatic heterocycles. The second kappa shape index (κ2) is 27.9. The molecule has 1 heterocycles. The number of allylic oxidation sites excluding steroid dienone is 1. The molecule has 1 aromatic heterocycles. The lowest BCUT2D eigenvalue weighted by Crippen LogP contribution is -2.15. The Kier molecular flexibility index (Phi) is 26.7. The zero-order chi connectivity index (χ0) is 42.3. The number of rotatable bonds is 18. The summed E-state index contributed by atoms with van der Waals surface area (Å²) in [6, 6.07) is 13.4. The molecular formula is C50H89N4P. The molecule has 0 amide bonds. The molecule has 0 saturated carbocycles. The van der Waals surface area contributed by atoms with E-state index < -0.39 is 8.22 Å². The van der Waals surface area contributed by atoms with Gasteiger partial charge in [0.2, 0.25) is 0 Å². The lowest BCUT2D eigenvalue weighted by molar-refractivity contribution is 0.472. The van der Waals surface area contributed by atoms with E-state index in [1.807, 2.05) is 7.05 Å². The first-order valence-corrected chi connectivity index (χ1v) is 23.7. The summed E-state index contributed by atoms with van der Waals surface area (Å²) in [4.78, 5) is 0. The molecule has 2 aromatic carbocycles.